The second-order valence-corrected chi connectivity index (χ2v) is 3.33. The first-order valence-corrected chi connectivity index (χ1v) is 4.12. The number of aromatic amines is 2. The summed E-state index contributed by atoms with van der Waals surface area (Å²) in [5, 5.41) is 5.64. The molecule has 3 nitrogen and oxygen atoms in total. The fourth-order valence-electron chi connectivity index (χ4n) is 0.636. The number of hydrogen-bond donors (Lipinski definition) is 2. The third-order valence-electron chi connectivity index (χ3n) is 1.27. The SMILES string of the molecule is CC(C)c1nc(=S)c(=S)[nH][nH]1. The van der Waals surface area contributed by atoms with Crippen LogP contribution in [0.15, 0.2) is 0 Å². The highest BCUT2D eigenvalue weighted by Gasteiger charge is 1.99. The number of aromatic nitrogens is 3. The minimum Gasteiger partial charge on any atom is -0.287 e. The maximum atomic E-state index is 4.89. The highest BCUT2D eigenvalue weighted by molar-refractivity contribution is 7.73. The van der Waals surface area contributed by atoms with E-state index >= 15 is 0 Å². The van der Waals surface area contributed by atoms with Crippen molar-refractivity contribution in [2.45, 2.75) is 19.8 Å². The molecule has 60 valence electrons. The van der Waals surface area contributed by atoms with Crippen LogP contribution in [0.5, 0.6) is 0 Å². The second-order valence-electron chi connectivity index (χ2n) is 2.54. The highest BCUT2D eigenvalue weighted by Crippen LogP contribution is 2.05. The van der Waals surface area contributed by atoms with Gasteiger partial charge in [0.2, 0.25) is 0 Å². The minimum atomic E-state index is 0.337. The van der Waals surface area contributed by atoms with E-state index < -0.39 is 0 Å². The van der Waals surface area contributed by atoms with E-state index in [4.69, 9.17) is 24.4 Å². The first-order valence-electron chi connectivity index (χ1n) is 3.30. The molecule has 0 fully saturated rings. The average Bonchev–Trinajstić information content (AvgIpc) is 1.94. The number of hydrogen-bond acceptors (Lipinski definition) is 3. The van der Waals surface area contributed by atoms with Gasteiger partial charge in [-0.15, -0.1) is 0 Å². The van der Waals surface area contributed by atoms with Crippen molar-refractivity contribution in [2.24, 2.45) is 0 Å². The molecular formula is C6H9N3S2. The molecule has 0 aliphatic heterocycles. The third kappa shape index (κ3) is 1.94. The summed E-state index contributed by atoms with van der Waals surface area (Å²) in [5.74, 6) is 1.17. The van der Waals surface area contributed by atoms with Crippen molar-refractivity contribution in [1.82, 2.24) is 15.2 Å². The smallest absolute Gasteiger partial charge is 0.164 e. The highest BCUT2D eigenvalue weighted by atomic mass is 32.1. The maximum Gasteiger partial charge on any atom is 0.164 e. The molecule has 1 rings (SSSR count). The van der Waals surface area contributed by atoms with Gasteiger partial charge < -0.3 is 0 Å². The first kappa shape index (κ1) is 8.55. The van der Waals surface area contributed by atoms with Crippen molar-refractivity contribution >= 4 is 24.4 Å². The van der Waals surface area contributed by atoms with Gasteiger partial charge in [-0.25, -0.2) is 4.98 Å². The van der Waals surface area contributed by atoms with Crippen molar-refractivity contribution in [3.8, 4) is 0 Å². The number of H-pyrrole nitrogens is 2. The standard InChI is InChI=1S/C6H9N3S2/c1-3(2)4-7-5(10)6(11)9-8-4/h3H,1-2H3,(H,9,11)(H,7,8,10). The van der Waals surface area contributed by atoms with E-state index in [1.807, 2.05) is 13.8 Å². The van der Waals surface area contributed by atoms with E-state index in [2.05, 4.69) is 15.2 Å². The normalized spacial score (nSPS) is 10.5. The van der Waals surface area contributed by atoms with Crippen LogP contribution in [0.4, 0.5) is 0 Å². The second kappa shape index (κ2) is 3.23. The summed E-state index contributed by atoms with van der Waals surface area (Å²) < 4.78 is 0.951. The van der Waals surface area contributed by atoms with E-state index in [0.717, 1.165) is 5.82 Å². The van der Waals surface area contributed by atoms with Crippen molar-refractivity contribution in [3.05, 3.63) is 15.1 Å². The van der Waals surface area contributed by atoms with Gasteiger partial charge in [-0.2, -0.15) is 0 Å². The predicted molar refractivity (Wildman–Crippen MR) is 48.7 cm³/mol. The minimum absolute atomic E-state index is 0.337. The quantitative estimate of drug-likeness (QED) is 0.663. The average molecular weight is 187 g/mol. The third-order valence-corrected chi connectivity index (χ3v) is 1.99. The zero-order valence-electron chi connectivity index (χ0n) is 6.34. The molecule has 1 heterocycles. The van der Waals surface area contributed by atoms with Gasteiger partial charge in [0.25, 0.3) is 0 Å². The van der Waals surface area contributed by atoms with Crippen molar-refractivity contribution in [1.29, 1.82) is 0 Å². The fraction of sp³-hybridized carbons (Fsp3) is 0.500. The van der Waals surface area contributed by atoms with E-state index in [-0.39, 0.29) is 0 Å². The van der Waals surface area contributed by atoms with Gasteiger partial charge in [-0.3, -0.25) is 10.2 Å². The van der Waals surface area contributed by atoms with E-state index in [0.29, 0.717) is 15.2 Å². The molecule has 0 saturated carbocycles. The molecule has 1 aromatic rings. The molecule has 11 heavy (non-hydrogen) atoms. The summed E-state index contributed by atoms with van der Waals surface area (Å²) in [6.07, 6.45) is 0. The van der Waals surface area contributed by atoms with Gasteiger partial charge in [0, 0.05) is 5.92 Å². The largest absolute Gasteiger partial charge is 0.287 e. The fourth-order valence-corrected chi connectivity index (χ4v) is 0.882. The molecule has 0 bridgehead atoms. The summed E-state index contributed by atoms with van der Waals surface area (Å²) in [5.41, 5.74) is 0. The lowest BCUT2D eigenvalue weighted by molar-refractivity contribution is 0.728. The summed E-state index contributed by atoms with van der Waals surface area (Å²) >= 11 is 9.74. The Labute approximate surface area is 74.9 Å². The van der Waals surface area contributed by atoms with Crippen LogP contribution < -0.4 is 0 Å². The Morgan fingerprint density at radius 1 is 1.27 bits per heavy atom. The zero-order chi connectivity index (χ0) is 8.43. The van der Waals surface area contributed by atoms with Gasteiger partial charge >= 0.3 is 0 Å². The topological polar surface area (TPSA) is 44.5 Å². The molecule has 0 atom stereocenters. The molecule has 0 saturated heterocycles. The van der Waals surface area contributed by atoms with Gasteiger partial charge in [-0.1, -0.05) is 38.3 Å². The summed E-state index contributed by atoms with van der Waals surface area (Å²) in [7, 11) is 0. The van der Waals surface area contributed by atoms with Crippen LogP contribution in [-0.4, -0.2) is 15.2 Å². The molecule has 0 unspecified atom stereocenters. The molecule has 0 radical (unpaired) electrons. The Hall–Kier alpha value is -0.550. The molecular weight excluding hydrogens is 178 g/mol. The van der Waals surface area contributed by atoms with Gasteiger partial charge in [0.05, 0.1) is 0 Å². The van der Waals surface area contributed by atoms with Crippen molar-refractivity contribution < 1.29 is 0 Å². The summed E-state index contributed by atoms with van der Waals surface area (Å²) in [6.45, 7) is 4.06. The van der Waals surface area contributed by atoms with Crippen LogP contribution >= 0.6 is 24.4 Å². The Morgan fingerprint density at radius 2 is 1.91 bits per heavy atom. The Morgan fingerprint density at radius 3 is 2.36 bits per heavy atom. The van der Waals surface area contributed by atoms with Crippen LogP contribution in [0.3, 0.4) is 0 Å². The zero-order valence-corrected chi connectivity index (χ0v) is 7.97. The lowest BCUT2D eigenvalue weighted by Crippen LogP contribution is -1.99. The molecule has 0 amide bonds. The number of nitrogens with one attached hydrogen (secondary N) is 2. The van der Waals surface area contributed by atoms with Gasteiger partial charge in [0.15, 0.2) is 9.28 Å². The van der Waals surface area contributed by atoms with Crippen LogP contribution in [0.25, 0.3) is 0 Å². The van der Waals surface area contributed by atoms with E-state index in [9.17, 15) is 0 Å². The Bertz CT molecular complexity index is 349. The lowest BCUT2D eigenvalue weighted by Gasteiger charge is -2.01. The molecule has 0 aliphatic carbocycles. The van der Waals surface area contributed by atoms with Gasteiger partial charge in [0.1, 0.15) is 5.82 Å². The van der Waals surface area contributed by atoms with E-state index in [1.54, 1.807) is 0 Å². The molecule has 2 N–H and O–H groups in total. The number of nitrogens with zero attached hydrogens (tertiary/aromatic N) is 1. The summed E-state index contributed by atoms with van der Waals surface area (Å²) in [6, 6.07) is 0. The monoisotopic (exact) mass is 187 g/mol. The molecule has 0 aliphatic rings. The summed E-state index contributed by atoms with van der Waals surface area (Å²) in [4.78, 5) is 4.10. The molecule has 0 aromatic carbocycles. The van der Waals surface area contributed by atoms with Crippen LogP contribution in [-0.2, 0) is 0 Å². The van der Waals surface area contributed by atoms with Crippen LogP contribution in [0, 0.1) is 9.28 Å². The van der Waals surface area contributed by atoms with Crippen molar-refractivity contribution in [3.63, 3.8) is 0 Å². The maximum absolute atomic E-state index is 4.89. The molecule has 1 aromatic heterocycles. The van der Waals surface area contributed by atoms with Crippen LogP contribution in [0.2, 0.25) is 0 Å². The first-order chi connectivity index (χ1) is 5.11. The Balaban J connectivity index is 3.27. The Kier molecular flexibility index (Phi) is 2.51. The molecule has 0 spiro atoms. The number of rotatable bonds is 1. The van der Waals surface area contributed by atoms with Crippen LogP contribution in [0.1, 0.15) is 25.6 Å². The van der Waals surface area contributed by atoms with E-state index in [1.165, 1.54) is 0 Å². The lowest BCUT2D eigenvalue weighted by atomic mass is 10.2. The van der Waals surface area contributed by atoms with Gasteiger partial charge in [-0.05, 0) is 0 Å². The molecule has 5 heteroatoms. The van der Waals surface area contributed by atoms with Crippen molar-refractivity contribution in [2.75, 3.05) is 0 Å². The predicted octanol–water partition coefficient (Wildman–Crippen LogP) is 2.32.